The van der Waals surface area contributed by atoms with Crippen LogP contribution in [0.3, 0.4) is 0 Å². The van der Waals surface area contributed by atoms with Gasteiger partial charge >= 0.3 is 5.97 Å². The Morgan fingerprint density at radius 3 is 1.58 bits per heavy atom. The third-order valence-electron chi connectivity index (χ3n) is 1.99. The molecule has 1 aromatic carbocycles. The molecule has 0 spiro atoms. The molecule has 19 heavy (non-hydrogen) atoms. The predicted octanol–water partition coefficient (Wildman–Crippen LogP) is 1.42. The SMILES string of the molecule is CC.COC(C)=O.O=c1[nH][nH]c(=O)c2ccccc12. The lowest BCUT2D eigenvalue weighted by atomic mass is 10.2. The molecule has 0 amide bonds. The Balaban J connectivity index is 0.000000396. The third kappa shape index (κ3) is 5.20. The predicted molar refractivity (Wildman–Crippen MR) is 74.2 cm³/mol. The molecule has 0 radical (unpaired) electrons. The molecule has 0 bridgehead atoms. The summed E-state index contributed by atoms with van der Waals surface area (Å²) in [5.41, 5.74) is -0.546. The minimum Gasteiger partial charge on any atom is -0.469 e. The molecule has 1 heterocycles. The fourth-order valence-corrected chi connectivity index (χ4v) is 1.13. The number of aromatic nitrogens is 2. The van der Waals surface area contributed by atoms with Crippen molar-refractivity contribution in [3.8, 4) is 0 Å². The molecule has 0 aliphatic heterocycles. The maximum Gasteiger partial charge on any atom is 0.302 e. The van der Waals surface area contributed by atoms with Gasteiger partial charge in [0.05, 0.1) is 17.9 Å². The highest BCUT2D eigenvalue weighted by Gasteiger charge is 1.98. The summed E-state index contributed by atoms with van der Waals surface area (Å²) in [4.78, 5) is 31.8. The monoisotopic (exact) mass is 266 g/mol. The fourth-order valence-electron chi connectivity index (χ4n) is 1.13. The first kappa shape index (κ1) is 16.6. The van der Waals surface area contributed by atoms with Crippen molar-refractivity contribution in [2.45, 2.75) is 20.8 Å². The Hall–Kier alpha value is -2.37. The number of carbonyl (C=O) groups is 1. The smallest absolute Gasteiger partial charge is 0.302 e. The van der Waals surface area contributed by atoms with Crippen molar-refractivity contribution in [3.63, 3.8) is 0 Å². The van der Waals surface area contributed by atoms with Crippen LogP contribution >= 0.6 is 0 Å². The van der Waals surface area contributed by atoms with E-state index in [1.54, 1.807) is 24.3 Å². The number of H-pyrrole nitrogens is 2. The Morgan fingerprint density at radius 2 is 1.32 bits per heavy atom. The first-order valence-corrected chi connectivity index (χ1v) is 5.80. The van der Waals surface area contributed by atoms with Gasteiger partial charge < -0.3 is 4.74 Å². The minimum absolute atomic E-state index is 0.245. The van der Waals surface area contributed by atoms with Crippen molar-refractivity contribution in [3.05, 3.63) is 45.0 Å². The quantitative estimate of drug-likeness (QED) is 0.705. The number of rotatable bonds is 0. The zero-order valence-electron chi connectivity index (χ0n) is 11.4. The minimum atomic E-state index is -0.273. The molecule has 0 atom stereocenters. The first-order chi connectivity index (χ1) is 9.06. The maximum absolute atomic E-state index is 11.1. The third-order valence-corrected chi connectivity index (χ3v) is 1.99. The van der Waals surface area contributed by atoms with Crippen molar-refractivity contribution in [2.75, 3.05) is 7.11 Å². The van der Waals surface area contributed by atoms with Crippen molar-refractivity contribution >= 4 is 16.7 Å². The van der Waals surface area contributed by atoms with Gasteiger partial charge in [-0.05, 0) is 12.1 Å². The topological polar surface area (TPSA) is 92.0 Å². The van der Waals surface area contributed by atoms with Crippen LogP contribution in [0.1, 0.15) is 20.8 Å². The second kappa shape index (κ2) is 8.68. The molecule has 104 valence electrons. The second-order valence-corrected chi connectivity index (χ2v) is 3.15. The molecule has 0 saturated heterocycles. The Kier molecular flexibility index (Phi) is 7.60. The molecule has 0 aliphatic carbocycles. The normalized spacial score (nSPS) is 8.63. The number of aromatic amines is 2. The van der Waals surface area contributed by atoms with Crippen molar-refractivity contribution in [1.82, 2.24) is 10.2 Å². The molecule has 2 N–H and O–H groups in total. The molecule has 0 aliphatic rings. The van der Waals surface area contributed by atoms with Crippen LogP contribution in [-0.4, -0.2) is 23.3 Å². The van der Waals surface area contributed by atoms with Gasteiger partial charge in [0.2, 0.25) is 0 Å². The van der Waals surface area contributed by atoms with E-state index in [1.807, 2.05) is 13.8 Å². The molecule has 2 aromatic rings. The van der Waals surface area contributed by atoms with Crippen LogP contribution in [0.15, 0.2) is 33.9 Å². The summed E-state index contributed by atoms with van der Waals surface area (Å²) in [5, 5.41) is 5.33. The van der Waals surface area contributed by atoms with E-state index in [4.69, 9.17) is 0 Å². The van der Waals surface area contributed by atoms with E-state index in [9.17, 15) is 14.4 Å². The van der Waals surface area contributed by atoms with E-state index < -0.39 is 0 Å². The highest BCUT2D eigenvalue weighted by atomic mass is 16.5. The number of esters is 1. The van der Waals surface area contributed by atoms with E-state index in [2.05, 4.69) is 14.9 Å². The van der Waals surface area contributed by atoms with Gasteiger partial charge in [-0.2, -0.15) is 0 Å². The lowest BCUT2D eigenvalue weighted by Gasteiger charge is -1.92. The summed E-state index contributed by atoms with van der Waals surface area (Å²) in [5.74, 6) is -0.245. The van der Waals surface area contributed by atoms with Crippen LogP contribution in [0.5, 0.6) is 0 Å². The molecule has 0 unspecified atom stereocenters. The molecule has 6 heteroatoms. The van der Waals surface area contributed by atoms with E-state index in [-0.39, 0.29) is 17.1 Å². The van der Waals surface area contributed by atoms with Crippen LogP contribution in [-0.2, 0) is 9.53 Å². The summed E-state index contributed by atoms with van der Waals surface area (Å²) >= 11 is 0. The van der Waals surface area contributed by atoms with Gasteiger partial charge in [0.25, 0.3) is 11.1 Å². The molecule has 0 saturated carbocycles. The zero-order chi connectivity index (χ0) is 14.8. The van der Waals surface area contributed by atoms with Crippen molar-refractivity contribution < 1.29 is 9.53 Å². The van der Waals surface area contributed by atoms with Crippen LogP contribution in [0.4, 0.5) is 0 Å². The van der Waals surface area contributed by atoms with E-state index in [0.717, 1.165) is 0 Å². The summed E-state index contributed by atoms with van der Waals surface area (Å²) in [6.07, 6.45) is 0. The standard InChI is InChI=1S/C8H6N2O2.C3H6O2.C2H6/c11-7-5-3-1-2-4-6(5)8(12)10-9-7;1-3(4)5-2;1-2/h1-4H,(H,9,11)(H,10,12);1-2H3;1-2H3. The first-order valence-electron chi connectivity index (χ1n) is 5.80. The van der Waals surface area contributed by atoms with Gasteiger partial charge in [-0.3, -0.25) is 24.6 Å². The number of nitrogens with one attached hydrogen (secondary N) is 2. The van der Waals surface area contributed by atoms with Crippen molar-refractivity contribution in [2.24, 2.45) is 0 Å². The highest BCUT2D eigenvalue weighted by Crippen LogP contribution is 2.00. The zero-order valence-corrected chi connectivity index (χ0v) is 11.4. The molecular weight excluding hydrogens is 248 g/mol. The van der Waals surface area contributed by atoms with Gasteiger partial charge in [-0.1, -0.05) is 26.0 Å². The summed E-state index contributed by atoms with van der Waals surface area (Å²) in [6, 6.07) is 6.67. The number of hydrogen-bond acceptors (Lipinski definition) is 4. The number of carbonyl (C=O) groups excluding carboxylic acids is 1. The molecular formula is C13H18N2O4. The fraction of sp³-hybridized carbons (Fsp3) is 0.308. The average molecular weight is 266 g/mol. The Morgan fingerprint density at radius 1 is 1.00 bits per heavy atom. The lowest BCUT2D eigenvalue weighted by molar-refractivity contribution is -0.137. The largest absolute Gasteiger partial charge is 0.469 e. The van der Waals surface area contributed by atoms with Crippen LogP contribution in [0, 0.1) is 0 Å². The Bertz CT molecular complexity index is 580. The van der Waals surface area contributed by atoms with Gasteiger partial charge in [0.1, 0.15) is 0 Å². The van der Waals surface area contributed by atoms with E-state index >= 15 is 0 Å². The van der Waals surface area contributed by atoms with E-state index in [1.165, 1.54) is 14.0 Å². The van der Waals surface area contributed by atoms with Gasteiger partial charge in [-0.25, -0.2) is 0 Å². The number of benzene rings is 1. The molecule has 1 aromatic heterocycles. The number of hydrogen-bond donors (Lipinski definition) is 2. The number of ether oxygens (including phenoxy) is 1. The summed E-state index contributed by atoms with van der Waals surface area (Å²) < 4.78 is 4.11. The summed E-state index contributed by atoms with van der Waals surface area (Å²) in [6.45, 7) is 5.36. The number of fused-ring (bicyclic) bond motifs is 1. The molecule has 0 fully saturated rings. The second-order valence-electron chi connectivity index (χ2n) is 3.15. The Labute approximate surface area is 110 Å². The van der Waals surface area contributed by atoms with Gasteiger partial charge in [-0.15, -0.1) is 0 Å². The van der Waals surface area contributed by atoms with Crippen LogP contribution in [0.25, 0.3) is 10.8 Å². The average Bonchev–Trinajstić information content (AvgIpc) is 2.46. The highest BCUT2D eigenvalue weighted by molar-refractivity contribution is 5.79. The lowest BCUT2D eigenvalue weighted by Crippen LogP contribution is -2.18. The van der Waals surface area contributed by atoms with Crippen LogP contribution < -0.4 is 11.1 Å². The van der Waals surface area contributed by atoms with Gasteiger partial charge in [0, 0.05) is 6.92 Å². The van der Waals surface area contributed by atoms with Crippen LogP contribution in [0.2, 0.25) is 0 Å². The summed E-state index contributed by atoms with van der Waals surface area (Å²) in [7, 11) is 1.35. The van der Waals surface area contributed by atoms with Gasteiger partial charge in [0.15, 0.2) is 0 Å². The van der Waals surface area contributed by atoms with E-state index in [0.29, 0.717) is 10.8 Å². The molecule has 2 rings (SSSR count). The maximum atomic E-state index is 11.1. The molecule has 6 nitrogen and oxygen atoms in total. The number of methoxy groups -OCH3 is 1. The van der Waals surface area contributed by atoms with Crippen molar-refractivity contribution in [1.29, 1.82) is 0 Å².